The van der Waals surface area contributed by atoms with Crippen LogP contribution in [-0.2, 0) is 17.9 Å². The molecular weight excluding hydrogens is 352 g/mol. The highest BCUT2D eigenvalue weighted by Crippen LogP contribution is 2.31. The number of aryl methyl sites for hydroxylation is 1. The number of hydrogen-bond donors (Lipinski definition) is 1. The van der Waals surface area contributed by atoms with Gasteiger partial charge in [0.15, 0.2) is 5.65 Å². The van der Waals surface area contributed by atoms with Gasteiger partial charge in [0, 0.05) is 44.9 Å². The van der Waals surface area contributed by atoms with Gasteiger partial charge in [-0.3, -0.25) is 9.69 Å². The molecule has 0 radical (unpaired) electrons. The van der Waals surface area contributed by atoms with Crippen LogP contribution >= 0.6 is 0 Å². The molecule has 2 aromatic heterocycles. The average molecular weight is 378 g/mol. The summed E-state index contributed by atoms with van der Waals surface area (Å²) in [5.74, 6) is 0.315. The Morgan fingerprint density at radius 1 is 1.25 bits per heavy atom. The second kappa shape index (κ2) is 8.06. The average Bonchev–Trinajstić information content (AvgIpc) is 3.28. The quantitative estimate of drug-likeness (QED) is 0.712. The summed E-state index contributed by atoms with van der Waals surface area (Å²) < 4.78 is 1.87. The Morgan fingerprint density at radius 3 is 2.89 bits per heavy atom. The molecule has 4 rings (SSSR count). The van der Waals surface area contributed by atoms with Gasteiger partial charge in [0.1, 0.15) is 5.52 Å². The van der Waals surface area contributed by atoms with Crippen LogP contribution in [0.2, 0.25) is 0 Å². The Balaban J connectivity index is 1.51. The fourth-order valence-corrected chi connectivity index (χ4v) is 3.92. The molecule has 1 aliphatic rings. The molecule has 0 saturated carbocycles. The molecule has 3 aromatic rings. The summed E-state index contributed by atoms with van der Waals surface area (Å²) in [6.07, 6.45) is 4.49. The van der Waals surface area contributed by atoms with Crippen molar-refractivity contribution in [3.05, 3.63) is 53.5 Å². The molecule has 0 unspecified atom stereocenters. The molecule has 146 valence electrons. The molecule has 1 fully saturated rings. The Bertz CT molecular complexity index is 982. The van der Waals surface area contributed by atoms with Gasteiger partial charge in [0.05, 0.1) is 12.2 Å². The van der Waals surface area contributed by atoms with Gasteiger partial charge in [-0.1, -0.05) is 24.3 Å². The number of likely N-dealkylation sites (tertiary alicyclic amines) is 1. The lowest BCUT2D eigenvalue weighted by Crippen LogP contribution is -2.25. The maximum absolute atomic E-state index is 11.1. The highest BCUT2D eigenvalue weighted by Gasteiger charge is 2.29. The van der Waals surface area contributed by atoms with E-state index in [4.69, 9.17) is 5.10 Å². The van der Waals surface area contributed by atoms with E-state index in [1.807, 2.05) is 4.68 Å². The molecule has 0 spiro atoms. The number of carbonyl (C=O) groups excluding carboxylic acids is 1. The summed E-state index contributed by atoms with van der Waals surface area (Å²) in [4.78, 5) is 22.7. The van der Waals surface area contributed by atoms with E-state index in [0.29, 0.717) is 19.0 Å². The molecule has 1 aliphatic heterocycles. The highest BCUT2D eigenvalue weighted by molar-refractivity contribution is 5.74. The lowest BCUT2D eigenvalue weighted by atomic mass is 10.0. The second-order valence-corrected chi connectivity index (χ2v) is 7.47. The molecule has 3 heterocycles. The first-order valence-corrected chi connectivity index (χ1v) is 9.80. The third kappa shape index (κ3) is 3.89. The fraction of sp³-hybridized carbons (Fsp3) is 0.429. The summed E-state index contributed by atoms with van der Waals surface area (Å²) in [7, 11) is 0. The van der Waals surface area contributed by atoms with Crippen molar-refractivity contribution in [3.63, 3.8) is 0 Å². The number of hydrogen-bond acceptors (Lipinski definition) is 5. The first kappa shape index (κ1) is 18.6. The zero-order valence-electron chi connectivity index (χ0n) is 16.4. The van der Waals surface area contributed by atoms with Crippen molar-refractivity contribution in [2.24, 2.45) is 0 Å². The lowest BCUT2D eigenvalue weighted by molar-refractivity contribution is -0.118. The number of benzene rings is 1. The smallest absolute Gasteiger partial charge is 0.216 e. The van der Waals surface area contributed by atoms with E-state index in [0.717, 1.165) is 42.9 Å². The molecule has 1 saturated heterocycles. The number of aromatic nitrogens is 4. The predicted molar refractivity (Wildman–Crippen MR) is 108 cm³/mol. The van der Waals surface area contributed by atoms with Gasteiger partial charge in [0.25, 0.3) is 0 Å². The normalized spacial score (nSPS) is 17.3. The lowest BCUT2D eigenvalue weighted by Gasteiger charge is -2.17. The topological polar surface area (TPSA) is 75.9 Å². The SMILES string of the molecule is CC(=O)NCCn1nc([C@H]2CCN(Cc3ccccc3C)C2)c2nccnc21. The van der Waals surface area contributed by atoms with Crippen molar-refractivity contribution >= 4 is 17.1 Å². The Labute approximate surface area is 164 Å². The number of rotatable bonds is 6. The first-order valence-electron chi connectivity index (χ1n) is 9.80. The zero-order valence-corrected chi connectivity index (χ0v) is 16.4. The van der Waals surface area contributed by atoms with Crippen LogP contribution in [-0.4, -0.2) is 50.2 Å². The summed E-state index contributed by atoms with van der Waals surface area (Å²) in [6, 6.07) is 8.57. The van der Waals surface area contributed by atoms with Crippen molar-refractivity contribution in [2.75, 3.05) is 19.6 Å². The maximum atomic E-state index is 11.1. The summed E-state index contributed by atoms with van der Waals surface area (Å²) in [5.41, 5.74) is 5.42. The Morgan fingerprint density at radius 2 is 2.07 bits per heavy atom. The summed E-state index contributed by atoms with van der Waals surface area (Å²) in [5, 5.41) is 7.66. The van der Waals surface area contributed by atoms with Gasteiger partial charge in [-0.25, -0.2) is 14.6 Å². The van der Waals surface area contributed by atoms with Gasteiger partial charge in [-0.05, 0) is 31.0 Å². The predicted octanol–water partition coefficient (Wildman–Crippen LogP) is 2.26. The molecule has 1 aromatic carbocycles. The maximum Gasteiger partial charge on any atom is 0.216 e. The van der Waals surface area contributed by atoms with E-state index in [1.165, 1.54) is 18.1 Å². The molecule has 7 heteroatoms. The molecule has 28 heavy (non-hydrogen) atoms. The van der Waals surface area contributed by atoms with Crippen LogP contribution in [0.25, 0.3) is 11.2 Å². The van der Waals surface area contributed by atoms with Crippen molar-refractivity contribution in [2.45, 2.75) is 39.3 Å². The van der Waals surface area contributed by atoms with Crippen LogP contribution in [0.15, 0.2) is 36.7 Å². The van der Waals surface area contributed by atoms with Crippen molar-refractivity contribution in [1.82, 2.24) is 30.0 Å². The van der Waals surface area contributed by atoms with Crippen LogP contribution < -0.4 is 5.32 Å². The molecule has 1 atom stereocenters. The summed E-state index contributed by atoms with van der Waals surface area (Å²) in [6.45, 7) is 7.82. The molecule has 0 aliphatic carbocycles. The number of nitrogens with zero attached hydrogens (tertiary/aromatic N) is 5. The number of fused-ring (bicyclic) bond motifs is 1. The number of nitrogens with one attached hydrogen (secondary N) is 1. The van der Waals surface area contributed by atoms with Crippen molar-refractivity contribution in [1.29, 1.82) is 0 Å². The molecule has 1 amide bonds. The minimum Gasteiger partial charge on any atom is -0.354 e. The molecule has 1 N–H and O–H groups in total. The number of carbonyl (C=O) groups is 1. The van der Waals surface area contributed by atoms with Gasteiger partial charge in [-0.15, -0.1) is 0 Å². The van der Waals surface area contributed by atoms with Gasteiger partial charge >= 0.3 is 0 Å². The largest absolute Gasteiger partial charge is 0.354 e. The third-order valence-electron chi connectivity index (χ3n) is 5.41. The highest BCUT2D eigenvalue weighted by atomic mass is 16.1. The van der Waals surface area contributed by atoms with Crippen LogP contribution in [0.3, 0.4) is 0 Å². The van der Waals surface area contributed by atoms with Crippen molar-refractivity contribution < 1.29 is 4.79 Å². The molecule has 7 nitrogen and oxygen atoms in total. The first-order chi connectivity index (χ1) is 13.6. The van der Waals surface area contributed by atoms with E-state index in [-0.39, 0.29) is 5.91 Å². The fourth-order valence-electron chi connectivity index (χ4n) is 3.92. The van der Waals surface area contributed by atoms with E-state index < -0.39 is 0 Å². The monoisotopic (exact) mass is 378 g/mol. The van der Waals surface area contributed by atoms with Gasteiger partial charge < -0.3 is 5.32 Å². The van der Waals surface area contributed by atoms with Crippen LogP contribution in [0.4, 0.5) is 0 Å². The summed E-state index contributed by atoms with van der Waals surface area (Å²) >= 11 is 0. The van der Waals surface area contributed by atoms with Crippen LogP contribution in [0, 0.1) is 6.92 Å². The third-order valence-corrected chi connectivity index (χ3v) is 5.41. The van der Waals surface area contributed by atoms with E-state index >= 15 is 0 Å². The van der Waals surface area contributed by atoms with Crippen molar-refractivity contribution in [3.8, 4) is 0 Å². The van der Waals surface area contributed by atoms with E-state index in [1.54, 1.807) is 12.4 Å². The van der Waals surface area contributed by atoms with Gasteiger partial charge in [-0.2, -0.15) is 5.10 Å². The Hall–Kier alpha value is -2.80. The standard InChI is InChI=1S/C21H26N6O/c1-15-5-3-4-6-17(15)13-26-11-7-18(14-26)19-20-21(24-9-8-23-20)27(25-19)12-10-22-16(2)28/h3-6,8-9,18H,7,10-14H2,1-2H3,(H,22,28)/t18-/m0/s1. The van der Waals surface area contributed by atoms with Gasteiger partial charge in [0.2, 0.25) is 5.91 Å². The zero-order chi connectivity index (χ0) is 19.5. The van der Waals surface area contributed by atoms with E-state index in [9.17, 15) is 4.79 Å². The Kier molecular flexibility index (Phi) is 5.34. The minimum absolute atomic E-state index is 0.0367. The molecule has 0 bridgehead atoms. The molecular formula is C21H26N6O. The minimum atomic E-state index is -0.0367. The van der Waals surface area contributed by atoms with Crippen LogP contribution in [0.5, 0.6) is 0 Å². The second-order valence-electron chi connectivity index (χ2n) is 7.47. The van der Waals surface area contributed by atoms with Crippen LogP contribution in [0.1, 0.15) is 36.1 Å². The number of amides is 1. The van der Waals surface area contributed by atoms with E-state index in [2.05, 4.69) is 51.4 Å².